The van der Waals surface area contributed by atoms with Crippen LogP contribution in [0.2, 0.25) is 0 Å². The number of hydrogen-bond acceptors (Lipinski definition) is 4. The highest BCUT2D eigenvalue weighted by Gasteiger charge is 2.23. The van der Waals surface area contributed by atoms with Gasteiger partial charge in [-0.05, 0) is 49.7 Å². The summed E-state index contributed by atoms with van der Waals surface area (Å²) in [7, 11) is 0. The maximum atomic E-state index is 13.9. The second-order valence-electron chi connectivity index (χ2n) is 5.96. The first-order valence-electron chi connectivity index (χ1n) is 7.33. The molecule has 23 heavy (non-hydrogen) atoms. The zero-order chi connectivity index (χ0) is 16.4. The van der Waals surface area contributed by atoms with E-state index in [1.54, 1.807) is 6.07 Å². The Labute approximate surface area is 134 Å². The summed E-state index contributed by atoms with van der Waals surface area (Å²) in [5, 5.41) is 12.3. The van der Waals surface area contributed by atoms with Crippen molar-refractivity contribution in [1.29, 1.82) is 5.26 Å². The normalized spacial score (nSPS) is 13.0. The lowest BCUT2D eigenvalue weighted by atomic mass is 9.93. The molecule has 0 aliphatic carbocycles. The van der Waals surface area contributed by atoms with Crippen LogP contribution in [0.5, 0.6) is 11.5 Å². The molecule has 1 heterocycles. The lowest BCUT2D eigenvalue weighted by molar-refractivity contribution is 0.174. The van der Waals surface area contributed by atoms with E-state index in [0.29, 0.717) is 17.7 Å². The molecule has 0 atom stereocenters. The highest BCUT2D eigenvalue weighted by atomic mass is 19.1. The lowest BCUT2D eigenvalue weighted by Crippen LogP contribution is -2.36. The first kappa shape index (κ1) is 15.3. The Balaban J connectivity index is 1.78. The number of benzene rings is 2. The largest absolute Gasteiger partial charge is 0.454 e. The van der Waals surface area contributed by atoms with Gasteiger partial charge in [0.1, 0.15) is 5.82 Å². The minimum Gasteiger partial charge on any atom is -0.454 e. The maximum Gasteiger partial charge on any atom is 0.231 e. The van der Waals surface area contributed by atoms with Crippen LogP contribution in [0.4, 0.5) is 4.39 Å². The van der Waals surface area contributed by atoms with E-state index < -0.39 is 5.54 Å². The van der Waals surface area contributed by atoms with Crippen molar-refractivity contribution in [3.05, 3.63) is 58.9 Å². The molecule has 5 heteroatoms. The van der Waals surface area contributed by atoms with Crippen molar-refractivity contribution in [3.63, 3.8) is 0 Å². The molecule has 0 saturated heterocycles. The number of fused-ring (bicyclic) bond motifs is 1. The van der Waals surface area contributed by atoms with Crippen LogP contribution in [0.1, 0.15) is 30.5 Å². The fraction of sp³-hybridized carbons (Fsp3) is 0.278. The van der Waals surface area contributed by atoms with Crippen molar-refractivity contribution in [3.8, 4) is 17.6 Å². The van der Waals surface area contributed by atoms with Gasteiger partial charge >= 0.3 is 0 Å². The quantitative estimate of drug-likeness (QED) is 0.939. The maximum absolute atomic E-state index is 13.9. The molecule has 1 aliphatic rings. The average Bonchev–Trinajstić information content (AvgIpc) is 3.01. The van der Waals surface area contributed by atoms with E-state index in [1.165, 1.54) is 12.1 Å². The van der Waals surface area contributed by atoms with E-state index in [-0.39, 0.29) is 12.6 Å². The molecule has 4 nitrogen and oxygen atoms in total. The van der Waals surface area contributed by atoms with Gasteiger partial charge in [-0.25, -0.2) is 4.39 Å². The number of halogens is 1. The van der Waals surface area contributed by atoms with Gasteiger partial charge in [0.25, 0.3) is 0 Å². The van der Waals surface area contributed by atoms with Crippen LogP contribution < -0.4 is 14.8 Å². The number of nitriles is 1. The molecular formula is C18H17FN2O2. The van der Waals surface area contributed by atoms with Crippen molar-refractivity contribution >= 4 is 0 Å². The van der Waals surface area contributed by atoms with Crippen molar-refractivity contribution in [2.75, 3.05) is 6.79 Å². The number of hydrogen-bond donors (Lipinski definition) is 1. The van der Waals surface area contributed by atoms with E-state index >= 15 is 0 Å². The summed E-state index contributed by atoms with van der Waals surface area (Å²) in [5.74, 6) is 1.13. The molecule has 0 unspecified atom stereocenters. The number of rotatable bonds is 4. The summed E-state index contributed by atoms with van der Waals surface area (Å²) in [5.41, 5.74) is 1.54. The number of nitrogens with one attached hydrogen (secondary N) is 1. The molecule has 2 aromatic carbocycles. The second kappa shape index (κ2) is 5.90. The Kier molecular flexibility index (Phi) is 3.93. The highest BCUT2D eigenvalue weighted by molar-refractivity contribution is 5.46. The minimum atomic E-state index is -0.393. The average molecular weight is 312 g/mol. The zero-order valence-corrected chi connectivity index (χ0v) is 13.0. The van der Waals surface area contributed by atoms with Crippen molar-refractivity contribution in [2.24, 2.45) is 0 Å². The minimum absolute atomic E-state index is 0.235. The van der Waals surface area contributed by atoms with E-state index in [1.807, 2.05) is 38.1 Å². The standard InChI is InChI=1S/C18H17FN2O2/c1-18(2,14-4-6-16-17(8-14)23-11-22-16)21-10-13-7-12(9-20)3-5-15(13)19/h3-8,21H,10-11H2,1-2H3. The van der Waals surface area contributed by atoms with Gasteiger partial charge in [-0.1, -0.05) is 6.07 Å². The summed E-state index contributed by atoms with van der Waals surface area (Å²) in [6.45, 7) is 4.58. The van der Waals surface area contributed by atoms with Crippen LogP contribution in [-0.4, -0.2) is 6.79 Å². The molecule has 1 N–H and O–H groups in total. The van der Waals surface area contributed by atoms with E-state index in [9.17, 15) is 4.39 Å². The summed E-state index contributed by atoms with van der Waals surface area (Å²) in [6, 6.07) is 12.2. The van der Waals surface area contributed by atoms with Crippen molar-refractivity contribution < 1.29 is 13.9 Å². The monoisotopic (exact) mass is 312 g/mol. The molecule has 1 aliphatic heterocycles. The second-order valence-corrected chi connectivity index (χ2v) is 5.96. The smallest absolute Gasteiger partial charge is 0.231 e. The molecular weight excluding hydrogens is 295 g/mol. The Bertz CT molecular complexity index is 781. The summed E-state index contributed by atoms with van der Waals surface area (Å²) < 4.78 is 24.6. The van der Waals surface area contributed by atoms with Crippen LogP contribution in [0.3, 0.4) is 0 Å². The van der Waals surface area contributed by atoms with E-state index in [4.69, 9.17) is 14.7 Å². The Morgan fingerprint density at radius 1 is 1.17 bits per heavy atom. The summed E-state index contributed by atoms with van der Waals surface area (Å²) in [4.78, 5) is 0. The summed E-state index contributed by atoms with van der Waals surface area (Å²) >= 11 is 0. The molecule has 2 aromatic rings. The van der Waals surface area contributed by atoms with Crippen LogP contribution in [-0.2, 0) is 12.1 Å². The van der Waals surface area contributed by atoms with Gasteiger partial charge in [0.05, 0.1) is 11.6 Å². The fourth-order valence-electron chi connectivity index (χ4n) is 2.48. The van der Waals surface area contributed by atoms with Gasteiger partial charge in [0.15, 0.2) is 11.5 Å². The van der Waals surface area contributed by atoms with Crippen LogP contribution in [0.15, 0.2) is 36.4 Å². The topological polar surface area (TPSA) is 54.3 Å². The molecule has 3 rings (SSSR count). The lowest BCUT2D eigenvalue weighted by Gasteiger charge is -2.27. The van der Waals surface area contributed by atoms with Gasteiger partial charge in [-0.3, -0.25) is 0 Å². The van der Waals surface area contributed by atoms with Crippen LogP contribution >= 0.6 is 0 Å². The van der Waals surface area contributed by atoms with Gasteiger partial charge in [-0.2, -0.15) is 5.26 Å². The van der Waals surface area contributed by atoms with Gasteiger partial charge in [0, 0.05) is 17.6 Å². The summed E-state index contributed by atoms with van der Waals surface area (Å²) in [6.07, 6.45) is 0. The van der Waals surface area contributed by atoms with Crippen molar-refractivity contribution in [1.82, 2.24) is 5.32 Å². The first-order valence-corrected chi connectivity index (χ1v) is 7.33. The first-order chi connectivity index (χ1) is 11.0. The Morgan fingerprint density at radius 3 is 2.74 bits per heavy atom. The molecule has 0 saturated carbocycles. The molecule has 0 bridgehead atoms. The van der Waals surface area contributed by atoms with Gasteiger partial charge in [-0.15, -0.1) is 0 Å². The van der Waals surface area contributed by atoms with Gasteiger partial charge in [0.2, 0.25) is 6.79 Å². The third-order valence-corrected chi connectivity index (χ3v) is 3.99. The van der Waals surface area contributed by atoms with E-state index in [0.717, 1.165) is 17.1 Å². The van der Waals surface area contributed by atoms with Crippen molar-refractivity contribution in [2.45, 2.75) is 25.9 Å². The molecule has 0 aromatic heterocycles. The highest BCUT2D eigenvalue weighted by Crippen LogP contribution is 2.35. The molecule has 0 radical (unpaired) electrons. The zero-order valence-electron chi connectivity index (χ0n) is 13.0. The fourth-order valence-corrected chi connectivity index (χ4v) is 2.48. The molecule has 0 amide bonds. The Morgan fingerprint density at radius 2 is 1.96 bits per heavy atom. The van der Waals surface area contributed by atoms with E-state index in [2.05, 4.69) is 5.32 Å². The Hall–Kier alpha value is -2.58. The van der Waals surface area contributed by atoms with Crippen LogP contribution in [0.25, 0.3) is 0 Å². The predicted molar refractivity (Wildman–Crippen MR) is 83.5 cm³/mol. The molecule has 118 valence electrons. The molecule has 0 spiro atoms. The third kappa shape index (κ3) is 3.13. The predicted octanol–water partition coefficient (Wildman–Crippen LogP) is 3.45. The van der Waals surface area contributed by atoms with Crippen LogP contribution in [0, 0.1) is 17.1 Å². The van der Waals surface area contributed by atoms with Gasteiger partial charge < -0.3 is 14.8 Å². The number of ether oxygens (including phenoxy) is 2. The third-order valence-electron chi connectivity index (χ3n) is 3.99. The molecule has 0 fully saturated rings. The SMILES string of the molecule is CC(C)(NCc1cc(C#N)ccc1F)c1ccc2c(c1)OCO2. The number of nitrogens with zero attached hydrogens (tertiary/aromatic N) is 1.